The van der Waals surface area contributed by atoms with E-state index in [2.05, 4.69) is 20.8 Å². The van der Waals surface area contributed by atoms with Crippen LogP contribution in [0.25, 0.3) is 0 Å². The number of rotatable bonds is 4. The highest BCUT2D eigenvalue weighted by atomic mass is 16.7. The number of carboxylic acid groups (broad SMARTS) is 1. The van der Waals surface area contributed by atoms with Crippen molar-refractivity contribution in [3.63, 3.8) is 0 Å². The standard InChI is InChI=1S/C26H40O6/c1-15(4-7-22(29)30)17-5-6-18-23-19(13-21(28)25(17,18)3)24(2)8-9-26(31-10-11-32-26)14-16(24)12-20(23)27/h15-20,23,27H,4-14H2,1-3H3,(H,29,30)/t15-,16+,17+,18+,19+,20+,23+,24-,25+/m0/s1. The Morgan fingerprint density at radius 2 is 1.88 bits per heavy atom. The lowest BCUT2D eigenvalue weighted by Gasteiger charge is -2.62. The smallest absolute Gasteiger partial charge is 0.303 e. The highest BCUT2D eigenvalue weighted by Crippen LogP contribution is 2.68. The summed E-state index contributed by atoms with van der Waals surface area (Å²) in [6.07, 6.45) is 6.35. The number of Topliss-reactive ketones (excluding diaryl/α,β-unsaturated/α-hetero) is 1. The average molecular weight is 449 g/mol. The van der Waals surface area contributed by atoms with Gasteiger partial charge in [-0.25, -0.2) is 0 Å². The summed E-state index contributed by atoms with van der Waals surface area (Å²) < 4.78 is 12.0. The van der Waals surface area contributed by atoms with E-state index in [1.807, 2.05) is 0 Å². The Hall–Kier alpha value is -0.980. The van der Waals surface area contributed by atoms with Crippen LogP contribution < -0.4 is 0 Å². The Bertz CT molecular complexity index is 774. The Morgan fingerprint density at radius 3 is 2.56 bits per heavy atom. The first kappa shape index (κ1) is 22.8. The molecule has 0 aromatic carbocycles. The third-order valence-corrected chi connectivity index (χ3v) is 10.9. The summed E-state index contributed by atoms with van der Waals surface area (Å²) in [5, 5.41) is 20.6. The fraction of sp³-hybridized carbons (Fsp3) is 0.923. The van der Waals surface area contributed by atoms with Gasteiger partial charge >= 0.3 is 5.97 Å². The zero-order valence-corrected chi connectivity index (χ0v) is 19.8. The molecule has 1 heterocycles. The number of carbonyl (C=O) groups excluding carboxylic acids is 1. The number of aliphatic carboxylic acids is 1. The van der Waals surface area contributed by atoms with Gasteiger partial charge in [0.15, 0.2) is 5.79 Å². The molecule has 1 saturated heterocycles. The monoisotopic (exact) mass is 448 g/mol. The van der Waals surface area contributed by atoms with E-state index < -0.39 is 17.2 Å². The van der Waals surface area contributed by atoms with E-state index in [0.29, 0.717) is 37.8 Å². The van der Waals surface area contributed by atoms with Crippen LogP contribution in [0.15, 0.2) is 0 Å². The molecule has 0 amide bonds. The molecule has 0 aromatic heterocycles. The van der Waals surface area contributed by atoms with Crippen molar-refractivity contribution in [1.29, 1.82) is 0 Å². The summed E-state index contributed by atoms with van der Waals surface area (Å²) in [6, 6.07) is 0. The number of fused-ring (bicyclic) bond motifs is 5. The molecule has 1 aliphatic heterocycles. The summed E-state index contributed by atoms with van der Waals surface area (Å²) in [7, 11) is 0. The third kappa shape index (κ3) is 3.23. The third-order valence-electron chi connectivity index (χ3n) is 10.9. The molecule has 4 saturated carbocycles. The molecule has 9 atom stereocenters. The molecular weight excluding hydrogens is 408 g/mol. The number of carbonyl (C=O) groups is 2. The zero-order chi connectivity index (χ0) is 22.9. The summed E-state index contributed by atoms with van der Waals surface area (Å²) >= 11 is 0. The minimum Gasteiger partial charge on any atom is -0.481 e. The van der Waals surface area contributed by atoms with Crippen molar-refractivity contribution in [2.75, 3.05) is 13.2 Å². The largest absolute Gasteiger partial charge is 0.481 e. The first-order valence-electron chi connectivity index (χ1n) is 12.8. The predicted molar refractivity (Wildman–Crippen MR) is 118 cm³/mol. The molecular formula is C26H40O6. The van der Waals surface area contributed by atoms with Crippen LogP contribution >= 0.6 is 0 Å². The molecule has 5 aliphatic rings. The lowest BCUT2D eigenvalue weighted by molar-refractivity contribution is -0.240. The molecule has 6 heteroatoms. The summed E-state index contributed by atoms with van der Waals surface area (Å²) in [4.78, 5) is 25.0. The fourth-order valence-electron chi connectivity index (χ4n) is 9.14. The minimum atomic E-state index is -0.765. The van der Waals surface area contributed by atoms with Crippen LogP contribution in [0.5, 0.6) is 0 Å². The van der Waals surface area contributed by atoms with Gasteiger partial charge in [0.25, 0.3) is 0 Å². The van der Waals surface area contributed by atoms with Crippen LogP contribution in [0.1, 0.15) is 78.6 Å². The molecule has 1 spiro atoms. The highest BCUT2D eigenvalue weighted by Gasteiger charge is 2.67. The molecule has 5 rings (SSSR count). The number of aliphatic hydroxyl groups excluding tert-OH is 1. The molecule has 0 bridgehead atoms. The Balaban J connectivity index is 1.40. The second-order valence-electron chi connectivity index (χ2n) is 12.1. The van der Waals surface area contributed by atoms with E-state index in [9.17, 15) is 14.7 Å². The summed E-state index contributed by atoms with van der Waals surface area (Å²) in [5.74, 6) is 0.438. The number of carboxylic acids is 1. The average Bonchev–Trinajstić information content (AvgIpc) is 3.34. The van der Waals surface area contributed by atoms with Gasteiger partial charge in [-0.05, 0) is 73.0 Å². The number of aliphatic hydroxyl groups is 1. The van der Waals surface area contributed by atoms with Crippen LogP contribution in [0.4, 0.5) is 0 Å². The maximum atomic E-state index is 13.8. The van der Waals surface area contributed by atoms with Gasteiger partial charge in [-0.2, -0.15) is 0 Å². The van der Waals surface area contributed by atoms with E-state index >= 15 is 0 Å². The van der Waals surface area contributed by atoms with Gasteiger partial charge in [-0.3, -0.25) is 9.59 Å². The van der Waals surface area contributed by atoms with E-state index in [-0.39, 0.29) is 47.5 Å². The van der Waals surface area contributed by atoms with Gasteiger partial charge in [0.05, 0.1) is 19.3 Å². The van der Waals surface area contributed by atoms with Crippen LogP contribution in [-0.4, -0.2) is 47.1 Å². The molecule has 180 valence electrons. The molecule has 5 fully saturated rings. The Kier molecular flexibility index (Phi) is 5.54. The van der Waals surface area contributed by atoms with Gasteiger partial charge in [-0.1, -0.05) is 20.8 Å². The molecule has 0 unspecified atom stereocenters. The van der Waals surface area contributed by atoms with E-state index in [1.54, 1.807) is 0 Å². The first-order valence-corrected chi connectivity index (χ1v) is 12.8. The van der Waals surface area contributed by atoms with E-state index in [1.165, 1.54) is 0 Å². The maximum absolute atomic E-state index is 13.8. The molecule has 6 nitrogen and oxygen atoms in total. The lowest BCUT2D eigenvalue weighted by atomic mass is 9.43. The summed E-state index contributed by atoms with van der Waals surface area (Å²) in [5.41, 5.74) is -0.398. The van der Waals surface area contributed by atoms with Crippen molar-refractivity contribution in [2.24, 2.45) is 46.3 Å². The topological polar surface area (TPSA) is 93.1 Å². The fourth-order valence-corrected chi connectivity index (χ4v) is 9.14. The number of ketones is 1. The highest BCUT2D eigenvalue weighted by molar-refractivity contribution is 5.87. The van der Waals surface area contributed by atoms with Crippen molar-refractivity contribution in [3.05, 3.63) is 0 Å². The van der Waals surface area contributed by atoms with Gasteiger partial charge in [-0.15, -0.1) is 0 Å². The molecule has 0 aromatic rings. The molecule has 0 radical (unpaired) electrons. The zero-order valence-electron chi connectivity index (χ0n) is 19.8. The number of hydrogen-bond donors (Lipinski definition) is 2. The van der Waals surface area contributed by atoms with Gasteiger partial charge in [0, 0.05) is 31.1 Å². The molecule has 4 aliphatic carbocycles. The van der Waals surface area contributed by atoms with Crippen LogP contribution in [0.2, 0.25) is 0 Å². The van der Waals surface area contributed by atoms with Gasteiger partial charge in [0.2, 0.25) is 0 Å². The first-order chi connectivity index (χ1) is 15.1. The number of hydrogen-bond acceptors (Lipinski definition) is 5. The van der Waals surface area contributed by atoms with E-state index in [4.69, 9.17) is 14.6 Å². The van der Waals surface area contributed by atoms with Crippen molar-refractivity contribution < 1.29 is 29.3 Å². The molecule has 2 N–H and O–H groups in total. The quantitative estimate of drug-likeness (QED) is 0.674. The molecule has 32 heavy (non-hydrogen) atoms. The second-order valence-corrected chi connectivity index (χ2v) is 12.1. The van der Waals surface area contributed by atoms with Crippen molar-refractivity contribution in [3.8, 4) is 0 Å². The van der Waals surface area contributed by atoms with Crippen LogP contribution in [-0.2, 0) is 19.1 Å². The predicted octanol–water partition coefficient (Wildman–Crippen LogP) is 4.04. The van der Waals surface area contributed by atoms with Crippen molar-refractivity contribution in [2.45, 2.75) is 90.4 Å². The van der Waals surface area contributed by atoms with Gasteiger partial charge in [0.1, 0.15) is 5.78 Å². The lowest BCUT2D eigenvalue weighted by Crippen LogP contribution is -2.62. The second kappa shape index (κ2) is 7.78. The van der Waals surface area contributed by atoms with Crippen LogP contribution in [0.3, 0.4) is 0 Å². The van der Waals surface area contributed by atoms with Crippen molar-refractivity contribution in [1.82, 2.24) is 0 Å². The maximum Gasteiger partial charge on any atom is 0.303 e. The number of ether oxygens (including phenoxy) is 2. The summed E-state index contributed by atoms with van der Waals surface area (Å²) in [6.45, 7) is 7.93. The van der Waals surface area contributed by atoms with Gasteiger partial charge < -0.3 is 19.7 Å². The van der Waals surface area contributed by atoms with E-state index in [0.717, 1.165) is 38.5 Å². The Morgan fingerprint density at radius 1 is 1.16 bits per heavy atom. The Labute approximate surface area is 191 Å². The minimum absolute atomic E-state index is 0.0362. The van der Waals surface area contributed by atoms with Crippen molar-refractivity contribution >= 4 is 11.8 Å². The normalized spacial score (nSPS) is 48.2. The van der Waals surface area contributed by atoms with Crippen LogP contribution in [0, 0.1) is 46.3 Å². The SMILES string of the molecule is C[C@@H](CCC(=O)O)[C@H]1CC[C@@H]2[C@H]3[C@H](O)C[C@@H]4CC5(CC[C@]4(C)[C@@H]3CC(=O)[C@@]21C)OCCO5.